The van der Waals surface area contributed by atoms with Crippen molar-refractivity contribution in [2.45, 2.75) is 12.8 Å². The third kappa shape index (κ3) is 5.88. The van der Waals surface area contributed by atoms with Gasteiger partial charge in [0.15, 0.2) is 0 Å². The Morgan fingerprint density at radius 2 is 1.54 bits per heavy atom. The van der Waals surface area contributed by atoms with E-state index in [1.807, 2.05) is 84.7 Å². The van der Waals surface area contributed by atoms with Crippen LogP contribution in [0.2, 0.25) is 0 Å². The molecule has 4 nitrogen and oxygen atoms in total. The molecule has 0 heterocycles. The number of para-hydroxylation sites is 3. The normalized spacial score (nSPS) is 10.3. The zero-order valence-electron chi connectivity index (χ0n) is 16.2. The van der Waals surface area contributed by atoms with Crippen molar-refractivity contribution in [2.75, 3.05) is 30.4 Å². The number of nitrogens with one attached hydrogen (secondary N) is 1. The van der Waals surface area contributed by atoms with Crippen LogP contribution in [0.5, 0.6) is 5.75 Å². The van der Waals surface area contributed by atoms with Gasteiger partial charge in [0.1, 0.15) is 5.75 Å². The van der Waals surface area contributed by atoms with Gasteiger partial charge in [0.2, 0.25) is 5.91 Å². The number of anilines is 2. The van der Waals surface area contributed by atoms with Crippen molar-refractivity contribution >= 4 is 17.3 Å². The lowest BCUT2D eigenvalue weighted by Gasteiger charge is -2.19. The molecule has 0 spiro atoms. The molecule has 0 saturated heterocycles. The zero-order chi connectivity index (χ0) is 19.6. The third-order valence-corrected chi connectivity index (χ3v) is 4.45. The highest BCUT2D eigenvalue weighted by Crippen LogP contribution is 2.24. The summed E-state index contributed by atoms with van der Waals surface area (Å²) in [7, 11) is 1.90. The van der Waals surface area contributed by atoms with E-state index >= 15 is 0 Å². The van der Waals surface area contributed by atoms with Crippen molar-refractivity contribution in [3.05, 3.63) is 90.5 Å². The summed E-state index contributed by atoms with van der Waals surface area (Å²) < 4.78 is 5.92. The van der Waals surface area contributed by atoms with Crippen LogP contribution in [0.3, 0.4) is 0 Å². The number of likely N-dealkylation sites (N-methyl/N-ethyl adjacent to an activating group) is 1. The Morgan fingerprint density at radius 3 is 2.29 bits per heavy atom. The van der Waals surface area contributed by atoms with Crippen molar-refractivity contribution in [1.82, 2.24) is 0 Å². The lowest BCUT2D eigenvalue weighted by atomic mass is 10.1. The van der Waals surface area contributed by atoms with E-state index in [-0.39, 0.29) is 12.5 Å². The minimum Gasteiger partial charge on any atom is -0.491 e. The number of carbonyl (C=O) groups excluding carboxylic acids is 1. The van der Waals surface area contributed by atoms with E-state index in [4.69, 9.17) is 4.74 Å². The van der Waals surface area contributed by atoms with Gasteiger partial charge in [-0.15, -0.1) is 0 Å². The molecule has 3 aromatic rings. The van der Waals surface area contributed by atoms with Crippen LogP contribution in [0.4, 0.5) is 11.4 Å². The molecule has 0 bridgehead atoms. The first-order valence-electron chi connectivity index (χ1n) is 9.54. The van der Waals surface area contributed by atoms with Crippen molar-refractivity contribution < 1.29 is 9.53 Å². The fraction of sp³-hybridized carbons (Fsp3) is 0.208. The molecule has 144 valence electrons. The van der Waals surface area contributed by atoms with Gasteiger partial charge in [0.25, 0.3) is 0 Å². The Morgan fingerprint density at radius 1 is 0.893 bits per heavy atom. The summed E-state index contributed by atoms with van der Waals surface area (Å²) >= 11 is 0. The second kappa shape index (κ2) is 10.2. The third-order valence-electron chi connectivity index (χ3n) is 4.45. The standard InChI is InChI=1S/C24H26N2O2/c1-26(21-14-6-3-7-15-21)19-24(27)25-22-16-8-9-17-23(22)28-18-10-13-20-11-4-2-5-12-20/h2-9,11-12,14-17H,10,13,18-19H2,1H3,(H,25,27). The largest absolute Gasteiger partial charge is 0.491 e. The average Bonchev–Trinajstić information content (AvgIpc) is 2.73. The first-order chi connectivity index (χ1) is 13.7. The molecule has 0 aromatic heterocycles. The van der Waals surface area contributed by atoms with Crippen LogP contribution < -0.4 is 15.0 Å². The predicted octanol–water partition coefficient (Wildman–Crippen LogP) is 4.77. The summed E-state index contributed by atoms with van der Waals surface area (Å²) in [6, 6.07) is 27.8. The highest BCUT2D eigenvalue weighted by molar-refractivity contribution is 5.95. The number of hydrogen-bond donors (Lipinski definition) is 1. The number of benzene rings is 3. The summed E-state index contributed by atoms with van der Waals surface area (Å²) in [5.74, 6) is 0.623. The van der Waals surface area contributed by atoms with Gasteiger partial charge in [-0.1, -0.05) is 60.7 Å². The number of ether oxygens (including phenoxy) is 1. The summed E-state index contributed by atoms with van der Waals surface area (Å²) in [5, 5.41) is 2.96. The van der Waals surface area contributed by atoms with E-state index in [0.717, 1.165) is 18.5 Å². The average molecular weight is 374 g/mol. The van der Waals surface area contributed by atoms with Gasteiger partial charge in [-0.3, -0.25) is 4.79 Å². The van der Waals surface area contributed by atoms with E-state index in [1.165, 1.54) is 5.56 Å². The van der Waals surface area contributed by atoms with Crippen LogP contribution in [0.25, 0.3) is 0 Å². The number of carbonyl (C=O) groups is 1. The Hall–Kier alpha value is -3.27. The van der Waals surface area contributed by atoms with Crippen LogP contribution in [0.15, 0.2) is 84.9 Å². The summed E-state index contributed by atoms with van der Waals surface area (Å²) in [6.45, 7) is 0.873. The monoisotopic (exact) mass is 374 g/mol. The fourth-order valence-corrected chi connectivity index (χ4v) is 2.98. The van der Waals surface area contributed by atoms with Crippen LogP contribution in [-0.2, 0) is 11.2 Å². The number of rotatable bonds is 9. The molecule has 3 rings (SSSR count). The summed E-state index contributed by atoms with van der Waals surface area (Å²) in [6.07, 6.45) is 1.89. The lowest BCUT2D eigenvalue weighted by molar-refractivity contribution is -0.114. The van der Waals surface area contributed by atoms with Crippen molar-refractivity contribution in [3.8, 4) is 5.75 Å². The number of hydrogen-bond acceptors (Lipinski definition) is 3. The van der Waals surface area contributed by atoms with E-state index < -0.39 is 0 Å². The van der Waals surface area contributed by atoms with E-state index in [1.54, 1.807) is 0 Å². The van der Waals surface area contributed by atoms with Gasteiger partial charge in [-0.25, -0.2) is 0 Å². The highest BCUT2D eigenvalue weighted by Gasteiger charge is 2.10. The molecule has 0 aliphatic heterocycles. The van der Waals surface area contributed by atoms with E-state index in [0.29, 0.717) is 18.0 Å². The van der Waals surface area contributed by atoms with Gasteiger partial charge >= 0.3 is 0 Å². The van der Waals surface area contributed by atoms with E-state index in [9.17, 15) is 4.79 Å². The minimum absolute atomic E-state index is 0.0771. The van der Waals surface area contributed by atoms with Gasteiger partial charge in [-0.2, -0.15) is 0 Å². The number of amides is 1. The molecule has 0 unspecified atom stereocenters. The fourth-order valence-electron chi connectivity index (χ4n) is 2.98. The second-order valence-electron chi connectivity index (χ2n) is 6.67. The molecule has 0 aliphatic carbocycles. The molecule has 0 fully saturated rings. The second-order valence-corrected chi connectivity index (χ2v) is 6.67. The predicted molar refractivity (Wildman–Crippen MR) is 115 cm³/mol. The minimum atomic E-state index is -0.0771. The maximum absolute atomic E-state index is 12.5. The van der Waals surface area contributed by atoms with Gasteiger partial charge in [-0.05, 0) is 42.7 Å². The first-order valence-corrected chi connectivity index (χ1v) is 9.54. The number of aryl methyl sites for hydroxylation is 1. The lowest BCUT2D eigenvalue weighted by Crippen LogP contribution is -2.30. The van der Waals surface area contributed by atoms with Gasteiger partial charge in [0, 0.05) is 12.7 Å². The topological polar surface area (TPSA) is 41.6 Å². The van der Waals surface area contributed by atoms with Crippen LogP contribution in [0.1, 0.15) is 12.0 Å². The molecule has 4 heteroatoms. The maximum Gasteiger partial charge on any atom is 0.243 e. The molecule has 0 aliphatic rings. The van der Waals surface area contributed by atoms with Crippen LogP contribution in [-0.4, -0.2) is 26.1 Å². The maximum atomic E-state index is 12.5. The smallest absolute Gasteiger partial charge is 0.243 e. The molecule has 0 atom stereocenters. The van der Waals surface area contributed by atoms with Crippen molar-refractivity contribution in [3.63, 3.8) is 0 Å². The van der Waals surface area contributed by atoms with Gasteiger partial charge in [0.05, 0.1) is 18.8 Å². The number of nitrogens with zero attached hydrogens (tertiary/aromatic N) is 1. The summed E-state index contributed by atoms with van der Waals surface area (Å²) in [4.78, 5) is 14.4. The summed E-state index contributed by atoms with van der Waals surface area (Å²) in [5.41, 5.74) is 3.01. The SMILES string of the molecule is CN(CC(=O)Nc1ccccc1OCCCc1ccccc1)c1ccccc1. The Kier molecular flexibility index (Phi) is 7.08. The van der Waals surface area contributed by atoms with E-state index in [2.05, 4.69) is 17.4 Å². The molecule has 28 heavy (non-hydrogen) atoms. The molecule has 3 aromatic carbocycles. The van der Waals surface area contributed by atoms with Crippen LogP contribution in [0, 0.1) is 0 Å². The molecular formula is C24H26N2O2. The Labute approximate surface area is 166 Å². The molecule has 1 amide bonds. The van der Waals surface area contributed by atoms with Gasteiger partial charge < -0.3 is 15.0 Å². The molecule has 0 saturated carbocycles. The highest BCUT2D eigenvalue weighted by atomic mass is 16.5. The van der Waals surface area contributed by atoms with Crippen molar-refractivity contribution in [1.29, 1.82) is 0 Å². The molecule has 0 radical (unpaired) electrons. The van der Waals surface area contributed by atoms with Crippen molar-refractivity contribution in [2.24, 2.45) is 0 Å². The first kappa shape index (κ1) is 19.5. The van der Waals surface area contributed by atoms with Crippen LogP contribution >= 0.6 is 0 Å². The molecule has 1 N–H and O–H groups in total. The Bertz CT molecular complexity index is 866. The quantitative estimate of drug-likeness (QED) is 0.549. The Balaban J connectivity index is 1.51. The zero-order valence-corrected chi connectivity index (χ0v) is 16.2. The molecular weight excluding hydrogens is 348 g/mol.